The van der Waals surface area contributed by atoms with Crippen molar-refractivity contribution in [3.8, 4) is 67.9 Å². The average molecular weight is 720 g/mol. The van der Waals surface area contributed by atoms with Crippen molar-refractivity contribution in [3.05, 3.63) is 176 Å². The molecule has 0 aliphatic rings. The van der Waals surface area contributed by atoms with Crippen LogP contribution in [-0.2, 0) is 0 Å². The number of para-hydroxylation sites is 2. The number of rotatable bonds is 6. The lowest BCUT2D eigenvalue weighted by Gasteiger charge is -2.10. The first kappa shape index (κ1) is 31.7. The third-order valence-electron chi connectivity index (χ3n) is 10.2. The molecule has 0 fully saturated rings. The van der Waals surface area contributed by atoms with E-state index in [0.29, 0.717) is 45.7 Å². The van der Waals surface area contributed by atoms with Gasteiger partial charge in [-0.25, -0.2) is 24.9 Å². The topological polar surface area (TPSA) is 90.7 Å². The second kappa shape index (κ2) is 13.0. The molecule has 0 aliphatic heterocycles. The van der Waals surface area contributed by atoms with Gasteiger partial charge in [0.1, 0.15) is 28.0 Å². The normalized spacial score (nSPS) is 11.6. The lowest BCUT2D eigenvalue weighted by atomic mass is 10.0. The van der Waals surface area contributed by atoms with Crippen LogP contribution in [0.5, 0.6) is 0 Å². The number of nitrogens with zero attached hydrogens (tertiary/aromatic N) is 5. The predicted molar refractivity (Wildman–Crippen MR) is 223 cm³/mol. The van der Waals surface area contributed by atoms with Gasteiger partial charge >= 0.3 is 0 Å². The van der Waals surface area contributed by atoms with E-state index in [-0.39, 0.29) is 0 Å². The van der Waals surface area contributed by atoms with Gasteiger partial charge in [-0.15, -0.1) is 0 Å². The number of aromatic nitrogens is 5. The van der Waals surface area contributed by atoms with E-state index in [1.165, 1.54) is 0 Å². The Kier molecular flexibility index (Phi) is 7.35. The molecule has 56 heavy (non-hydrogen) atoms. The number of fused-ring (bicyclic) bond motifs is 6. The zero-order chi connectivity index (χ0) is 37.0. The molecule has 0 aliphatic carbocycles. The lowest BCUT2D eigenvalue weighted by molar-refractivity contribution is 0.666. The molecule has 0 amide bonds. The first-order valence-electron chi connectivity index (χ1n) is 18.4. The van der Waals surface area contributed by atoms with Gasteiger partial charge in [-0.1, -0.05) is 140 Å². The summed E-state index contributed by atoms with van der Waals surface area (Å²) in [4.78, 5) is 25.2. The molecule has 0 spiro atoms. The summed E-state index contributed by atoms with van der Waals surface area (Å²) in [6.07, 6.45) is 0. The Morgan fingerprint density at radius 1 is 0.304 bits per heavy atom. The van der Waals surface area contributed by atoms with Gasteiger partial charge in [0, 0.05) is 38.4 Å². The second-order valence-electron chi connectivity index (χ2n) is 13.7. The van der Waals surface area contributed by atoms with Crippen molar-refractivity contribution >= 4 is 44.0 Å². The van der Waals surface area contributed by atoms with Crippen LogP contribution < -0.4 is 0 Å². The van der Waals surface area contributed by atoms with Crippen LogP contribution in [0.15, 0.2) is 185 Å². The van der Waals surface area contributed by atoms with Crippen LogP contribution in [0, 0.1) is 0 Å². The molecule has 0 atom stereocenters. The molecule has 11 aromatic rings. The maximum Gasteiger partial charge on any atom is 0.180 e. The van der Waals surface area contributed by atoms with Gasteiger partial charge in [-0.2, -0.15) is 0 Å². The second-order valence-corrected chi connectivity index (χ2v) is 13.7. The molecule has 262 valence electrons. The summed E-state index contributed by atoms with van der Waals surface area (Å²) in [7, 11) is 0. The number of hydrogen-bond donors (Lipinski definition) is 0. The fourth-order valence-electron chi connectivity index (χ4n) is 7.43. The molecule has 0 saturated heterocycles. The van der Waals surface area contributed by atoms with E-state index in [9.17, 15) is 0 Å². The molecule has 0 unspecified atom stereocenters. The minimum atomic E-state index is 0.524. The highest BCUT2D eigenvalue weighted by Gasteiger charge is 2.21. The summed E-state index contributed by atoms with van der Waals surface area (Å²) in [6, 6.07) is 58.9. The molecule has 11 rings (SSSR count). The van der Waals surface area contributed by atoms with E-state index < -0.39 is 0 Å². The van der Waals surface area contributed by atoms with Crippen LogP contribution >= 0.6 is 0 Å². The Morgan fingerprint density at radius 3 is 1.64 bits per heavy atom. The molecular weight excluding hydrogens is 691 g/mol. The first-order chi connectivity index (χ1) is 27.7. The van der Waals surface area contributed by atoms with Crippen molar-refractivity contribution in [2.75, 3.05) is 0 Å². The molecule has 7 nitrogen and oxygen atoms in total. The predicted octanol–water partition coefficient (Wildman–Crippen LogP) is 12.5. The van der Waals surface area contributed by atoms with E-state index in [4.69, 9.17) is 33.8 Å². The fraction of sp³-hybridized carbons (Fsp3) is 0. The van der Waals surface area contributed by atoms with Gasteiger partial charge in [-0.3, -0.25) is 0 Å². The van der Waals surface area contributed by atoms with Gasteiger partial charge < -0.3 is 8.83 Å². The Bertz CT molecular complexity index is 3250. The minimum Gasteiger partial charge on any atom is -0.455 e. The molecular formula is C49H29N5O2. The van der Waals surface area contributed by atoms with E-state index in [1.807, 2.05) is 133 Å². The van der Waals surface area contributed by atoms with Gasteiger partial charge in [-0.05, 0) is 47.5 Å². The van der Waals surface area contributed by atoms with Crippen molar-refractivity contribution in [3.63, 3.8) is 0 Å². The van der Waals surface area contributed by atoms with Crippen molar-refractivity contribution in [1.82, 2.24) is 24.9 Å². The zero-order valence-corrected chi connectivity index (χ0v) is 29.8. The highest BCUT2D eigenvalue weighted by Crippen LogP contribution is 2.40. The quantitative estimate of drug-likeness (QED) is 0.169. The summed E-state index contributed by atoms with van der Waals surface area (Å²) in [6.45, 7) is 0. The third-order valence-corrected chi connectivity index (χ3v) is 10.2. The smallest absolute Gasteiger partial charge is 0.180 e. The standard InChI is InChI=1S/C49H29N5O2/c1-4-14-30(15-5-1)33-20-12-21-35(28-33)48-52-47(32-18-8-3-9-19-32)53-49(54-48)39-24-13-23-37-36-27-26-34(29-41(36)56-44(37)39)42-45-43(38-22-10-11-25-40(38)55-45)51-46(50-42)31-16-6-2-7-17-31/h1-29H. The maximum absolute atomic E-state index is 6.78. The van der Waals surface area contributed by atoms with Crippen LogP contribution in [0.1, 0.15) is 0 Å². The monoisotopic (exact) mass is 719 g/mol. The SMILES string of the molecule is c1ccc(-c2cccc(-c3nc(-c4ccccc4)nc(-c4cccc5c4oc4cc(-c6nc(-c7ccccc7)nc7c6oc6ccccc67)ccc45)n3)c2)cc1. The molecule has 0 N–H and O–H groups in total. The Labute approximate surface area is 320 Å². The van der Waals surface area contributed by atoms with Crippen LogP contribution in [-0.4, -0.2) is 24.9 Å². The highest BCUT2D eigenvalue weighted by atomic mass is 16.3. The summed E-state index contributed by atoms with van der Waals surface area (Å²) in [5, 5.41) is 2.87. The van der Waals surface area contributed by atoms with E-state index in [1.54, 1.807) is 0 Å². The van der Waals surface area contributed by atoms with Crippen LogP contribution in [0.25, 0.3) is 112 Å². The molecule has 0 saturated carbocycles. The van der Waals surface area contributed by atoms with Crippen LogP contribution in [0.2, 0.25) is 0 Å². The number of hydrogen-bond acceptors (Lipinski definition) is 7. The first-order valence-corrected chi connectivity index (χ1v) is 18.4. The summed E-state index contributed by atoms with van der Waals surface area (Å²) >= 11 is 0. The average Bonchev–Trinajstić information content (AvgIpc) is 3.85. The van der Waals surface area contributed by atoms with E-state index in [2.05, 4.69) is 42.5 Å². The van der Waals surface area contributed by atoms with Crippen molar-refractivity contribution in [1.29, 1.82) is 0 Å². The zero-order valence-electron chi connectivity index (χ0n) is 29.8. The van der Waals surface area contributed by atoms with Crippen LogP contribution in [0.3, 0.4) is 0 Å². The van der Waals surface area contributed by atoms with E-state index >= 15 is 0 Å². The molecule has 7 heteroatoms. The van der Waals surface area contributed by atoms with E-state index in [0.717, 1.165) is 66.2 Å². The van der Waals surface area contributed by atoms with Crippen molar-refractivity contribution in [2.45, 2.75) is 0 Å². The van der Waals surface area contributed by atoms with Crippen LogP contribution in [0.4, 0.5) is 0 Å². The Hall–Kier alpha value is -7.77. The van der Waals surface area contributed by atoms with Crippen molar-refractivity contribution in [2.24, 2.45) is 0 Å². The number of furan rings is 2. The number of benzene rings is 7. The van der Waals surface area contributed by atoms with Crippen molar-refractivity contribution < 1.29 is 8.83 Å². The van der Waals surface area contributed by atoms with Gasteiger partial charge in [0.25, 0.3) is 0 Å². The van der Waals surface area contributed by atoms with Gasteiger partial charge in [0.15, 0.2) is 28.9 Å². The Balaban J connectivity index is 1.08. The lowest BCUT2D eigenvalue weighted by Crippen LogP contribution is -2.00. The molecule has 0 bridgehead atoms. The molecule has 7 aromatic carbocycles. The Morgan fingerprint density at radius 2 is 0.875 bits per heavy atom. The van der Waals surface area contributed by atoms with Gasteiger partial charge in [0.05, 0.1) is 5.56 Å². The largest absolute Gasteiger partial charge is 0.455 e. The summed E-state index contributed by atoms with van der Waals surface area (Å²) in [5.74, 6) is 2.31. The fourth-order valence-corrected chi connectivity index (χ4v) is 7.43. The third kappa shape index (κ3) is 5.41. The maximum atomic E-state index is 6.78. The molecule has 4 heterocycles. The summed E-state index contributed by atoms with van der Waals surface area (Å²) < 4.78 is 13.2. The molecule has 0 radical (unpaired) electrons. The highest BCUT2D eigenvalue weighted by molar-refractivity contribution is 6.11. The van der Waals surface area contributed by atoms with Gasteiger partial charge in [0.2, 0.25) is 0 Å². The summed E-state index contributed by atoms with van der Waals surface area (Å²) in [5.41, 5.74) is 10.8. The minimum absolute atomic E-state index is 0.524. The molecule has 4 aromatic heterocycles.